The van der Waals surface area contributed by atoms with Crippen LogP contribution in [0.1, 0.15) is 25.1 Å². The Labute approximate surface area is 119 Å². The molecule has 0 aliphatic carbocycles. The highest BCUT2D eigenvalue weighted by atomic mass is 19.3. The number of anilines is 1. The van der Waals surface area contributed by atoms with Crippen molar-refractivity contribution in [2.45, 2.75) is 19.3 Å². The van der Waals surface area contributed by atoms with Crippen molar-refractivity contribution in [1.82, 2.24) is 19.8 Å². The third kappa shape index (κ3) is 3.15. The predicted molar refractivity (Wildman–Crippen MR) is 72.4 cm³/mol. The van der Waals surface area contributed by atoms with Crippen LogP contribution in [0, 0.1) is 0 Å². The highest BCUT2D eigenvalue weighted by molar-refractivity contribution is 5.44. The molecule has 0 saturated heterocycles. The molecular formula is C13H15F2N5O. The first-order valence-corrected chi connectivity index (χ1v) is 6.74. The van der Waals surface area contributed by atoms with E-state index in [4.69, 9.17) is 4.74 Å². The van der Waals surface area contributed by atoms with Crippen molar-refractivity contribution in [1.29, 1.82) is 0 Å². The summed E-state index contributed by atoms with van der Waals surface area (Å²) in [6.45, 7) is 2.11. The van der Waals surface area contributed by atoms with Crippen molar-refractivity contribution in [2.24, 2.45) is 0 Å². The van der Waals surface area contributed by atoms with Crippen LogP contribution in [-0.4, -0.2) is 39.6 Å². The lowest BCUT2D eigenvalue weighted by Gasteiger charge is -2.13. The Kier molecular flexibility index (Phi) is 4.05. The maximum absolute atomic E-state index is 12.8. The molecule has 0 saturated carbocycles. The molecule has 112 valence electrons. The standard InChI is InChI=1S/C13H15F2N5O/c14-12(15)13-18-17-11-2-1-10(19-20(11)13)16-6-3-9-4-7-21-8-5-9/h1-2,4,12H,3,5-8H2,(H,16,19). The molecule has 1 N–H and O–H groups in total. The number of hydrogen-bond acceptors (Lipinski definition) is 5. The van der Waals surface area contributed by atoms with Crippen molar-refractivity contribution in [3.63, 3.8) is 0 Å². The first kappa shape index (κ1) is 13.9. The summed E-state index contributed by atoms with van der Waals surface area (Å²) >= 11 is 0. The molecule has 0 bridgehead atoms. The van der Waals surface area contributed by atoms with Crippen LogP contribution < -0.4 is 5.32 Å². The topological polar surface area (TPSA) is 64.3 Å². The van der Waals surface area contributed by atoms with E-state index in [1.807, 2.05) is 0 Å². The van der Waals surface area contributed by atoms with E-state index in [1.54, 1.807) is 12.1 Å². The minimum Gasteiger partial charge on any atom is -0.377 e. The second-order valence-corrected chi connectivity index (χ2v) is 4.71. The van der Waals surface area contributed by atoms with E-state index in [-0.39, 0.29) is 0 Å². The van der Waals surface area contributed by atoms with Crippen LogP contribution >= 0.6 is 0 Å². The van der Waals surface area contributed by atoms with Crippen LogP contribution in [0.2, 0.25) is 0 Å². The number of nitrogens with zero attached hydrogens (tertiary/aromatic N) is 4. The number of alkyl halides is 2. The van der Waals surface area contributed by atoms with Crippen molar-refractivity contribution in [2.75, 3.05) is 25.1 Å². The SMILES string of the molecule is FC(F)c1nnc2ccc(NCCC3=CCOCC3)nn12. The normalized spacial score (nSPS) is 15.5. The summed E-state index contributed by atoms with van der Waals surface area (Å²) in [5.74, 6) is 0.0812. The Morgan fingerprint density at radius 1 is 1.33 bits per heavy atom. The summed E-state index contributed by atoms with van der Waals surface area (Å²) in [5, 5.41) is 14.3. The van der Waals surface area contributed by atoms with Gasteiger partial charge in [-0.25, -0.2) is 8.78 Å². The lowest BCUT2D eigenvalue weighted by atomic mass is 10.1. The van der Waals surface area contributed by atoms with Gasteiger partial charge in [0, 0.05) is 6.54 Å². The van der Waals surface area contributed by atoms with E-state index in [0.29, 0.717) is 24.6 Å². The van der Waals surface area contributed by atoms with Gasteiger partial charge in [0.15, 0.2) is 5.65 Å². The fraction of sp³-hybridized carbons (Fsp3) is 0.462. The van der Waals surface area contributed by atoms with E-state index in [1.165, 1.54) is 5.57 Å². The minimum absolute atomic E-state index is 0.308. The lowest BCUT2D eigenvalue weighted by Crippen LogP contribution is -2.10. The Hall–Kier alpha value is -2.09. The van der Waals surface area contributed by atoms with Crippen molar-refractivity contribution < 1.29 is 13.5 Å². The van der Waals surface area contributed by atoms with Gasteiger partial charge in [-0.2, -0.15) is 4.52 Å². The molecule has 0 radical (unpaired) electrons. The van der Waals surface area contributed by atoms with E-state index in [2.05, 4.69) is 26.7 Å². The van der Waals surface area contributed by atoms with Crippen LogP contribution in [0.4, 0.5) is 14.6 Å². The number of rotatable bonds is 5. The molecule has 2 aromatic rings. The van der Waals surface area contributed by atoms with Crippen LogP contribution in [0.25, 0.3) is 5.65 Å². The first-order chi connectivity index (χ1) is 10.2. The monoisotopic (exact) mass is 295 g/mol. The van der Waals surface area contributed by atoms with E-state index < -0.39 is 12.2 Å². The number of halogens is 2. The number of aromatic nitrogens is 4. The van der Waals surface area contributed by atoms with Crippen LogP contribution in [0.3, 0.4) is 0 Å². The highest BCUT2D eigenvalue weighted by Gasteiger charge is 2.16. The average molecular weight is 295 g/mol. The molecule has 0 unspecified atom stereocenters. The summed E-state index contributed by atoms with van der Waals surface area (Å²) in [5.41, 5.74) is 1.65. The molecule has 0 fully saturated rings. The molecule has 2 aromatic heterocycles. The van der Waals surface area contributed by atoms with E-state index >= 15 is 0 Å². The molecule has 0 atom stereocenters. The van der Waals surface area contributed by atoms with Crippen LogP contribution in [-0.2, 0) is 4.74 Å². The molecule has 0 aromatic carbocycles. The highest BCUT2D eigenvalue weighted by Crippen LogP contribution is 2.18. The molecule has 6 nitrogen and oxygen atoms in total. The molecule has 21 heavy (non-hydrogen) atoms. The Bertz CT molecular complexity index is 655. The summed E-state index contributed by atoms with van der Waals surface area (Å²) in [4.78, 5) is 0. The zero-order valence-electron chi connectivity index (χ0n) is 11.3. The third-order valence-electron chi connectivity index (χ3n) is 3.29. The second kappa shape index (κ2) is 6.13. The molecule has 8 heteroatoms. The van der Waals surface area contributed by atoms with E-state index in [9.17, 15) is 8.78 Å². The molecule has 1 aliphatic heterocycles. The molecule has 0 amide bonds. The molecular weight excluding hydrogens is 280 g/mol. The minimum atomic E-state index is -2.70. The van der Waals surface area contributed by atoms with Crippen molar-refractivity contribution in [3.05, 3.63) is 29.6 Å². The third-order valence-corrected chi connectivity index (χ3v) is 3.29. The van der Waals surface area contributed by atoms with Gasteiger partial charge >= 0.3 is 0 Å². The average Bonchev–Trinajstić information content (AvgIpc) is 2.92. The van der Waals surface area contributed by atoms with Gasteiger partial charge < -0.3 is 10.1 Å². The largest absolute Gasteiger partial charge is 0.377 e. The lowest BCUT2D eigenvalue weighted by molar-refractivity contribution is 0.137. The Balaban J connectivity index is 1.66. The van der Waals surface area contributed by atoms with Gasteiger partial charge in [0.1, 0.15) is 5.82 Å². The Morgan fingerprint density at radius 2 is 2.24 bits per heavy atom. The van der Waals surface area contributed by atoms with Gasteiger partial charge in [-0.15, -0.1) is 15.3 Å². The van der Waals surface area contributed by atoms with Gasteiger partial charge in [0.25, 0.3) is 6.43 Å². The zero-order valence-corrected chi connectivity index (χ0v) is 11.3. The summed E-state index contributed by atoms with van der Waals surface area (Å²) in [6, 6.07) is 3.32. The summed E-state index contributed by atoms with van der Waals surface area (Å²) in [7, 11) is 0. The Morgan fingerprint density at radius 3 is 3.00 bits per heavy atom. The molecule has 1 aliphatic rings. The van der Waals surface area contributed by atoms with Crippen molar-refractivity contribution >= 4 is 11.5 Å². The fourth-order valence-electron chi connectivity index (χ4n) is 2.18. The predicted octanol–water partition coefficient (Wildman–Crippen LogP) is 2.21. The number of hydrogen-bond donors (Lipinski definition) is 1. The quantitative estimate of drug-likeness (QED) is 0.857. The molecule has 0 spiro atoms. The van der Waals surface area contributed by atoms with Crippen LogP contribution in [0.15, 0.2) is 23.8 Å². The fourth-order valence-corrected chi connectivity index (χ4v) is 2.18. The van der Waals surface area contributed by atoms with Gasteiger partial charge in [-0.3, -0.25) is 0 Å². The van der Waals surface area contributed by atoms with Gasteiger partial charge in [-0.05, 0) is 25.0 Å². The first-order valence-electron chi connectivity index (χ1n) is 6.74. The maximum Gasteiger partial charge on any atom is 0.299 e. The number of fused-ring (bicyclic) bond motifs is 1. The number of nitrogens with one attached hydrogen (secondary N) is 1. The van der Waals surface area contributed by atoms with Crippen molar-refractivity contribution in [3.8, 4) is 0 Å². The second-order valence-electron chi connectivity index (χ2n) is 4.71. The van der Waals surface area contributed by atoms with Gasteiger partial charge in [0.2, 0.25) is 5.82 Å². The smallest absolute Gasteiger partial charge is 0.299 e. The van der Waals surface area contributed by atoms with Crippen LogP contribution in [0.5, 0.6) is 0 Å². The van der Waals surface area contributed by atoms with Gasteiger partial charge in [-0.1, -0.05) is 11.6 Å². The summed E-state index contributed by atoms with van der Waals surface area (Å²) < 4.78 is 31.8. The molecule has 3 rings (SSSR count). The maximum atomic E-state index is 12.8. The van der Waals surface area contributed by atoms with Gasteiger partial charge in [0.05, 0.1) is 13.2 Å². The van der Waals surface area contributed by atoms with E-state index in [0.717, 1.165) is 24.0 Å². The molecule has 3 heterocycles. The zero-order chi connectivity index (χ0) is 14.7. The summed E-state index contributed by atoms with van der Waals surface area (Å²) in [6.07, 6.45) is 1.20. The number of ether oxygens (including phenoxy) is 1.